The van der Waals surface area contributed by atoms with Gasteiger partial charge in [0.05, 0.1) is 0 Å². The number of rotatable bonds is 7. The fourth-order valence-electron chi connectivity index (χ4n) is 1.35. The first-order valence-electron chi connectivity index (χ1n) is 4.98. The summed E-state index contributed by atoms with van der Waals surface area (Å²) in [7, 11) is -3.84. The van der Waals surface area contributed by atoms with Crippen molar-refractivity contribution >= 4 is 27.3 Å². The van der Waals surface area contributed by atoms with Crippen LogP contribution in [0.5, 0.6) is 0 Å². The Bertz CT molecular complexity index is 549. The summed E-state index contributed by atoms with van der Waals surface area (Å²) in [5.41, 5.74) is 0. The van der Waals surface area contributed by atoms with E-state index in [2.05, 4.69) is 13.2 Å². The molecule has 1 N–H and O–H groups in total. The SMILES string of the molecule is C=CCN(CC=C)S(=O)(=O)c1ccsc1C(=O)O. The monoisotopic (exact) mass is 287 g/mol. The van der Waals surface area contributed by atoms with E-state index in [0.717, 1.165) is 15.6 Å². The predicted octanol–water partition coefficient (Wildman–Crippen LogP) is 1.81. The molecule has 18 heavy (non-hydrogen) atoms. The number of hydrogen-bond donors (Lipinski definition) is 1. The molecule has 0 radical (unpaired) electrons. The molecule has 0 fully saturated rings. The molecule has 0 unspecified atom stereocenters. The summed E-state index contributed by atoms with van der Waals surface area (Å²) in [4.78, 5) is 10.6. The van der Waals surface area contributed by atoms with Crippen molar-refractivity contribution in [1.29, 1.82) is 0 Å². The van der Waals surface area contributed by atoms with Crippen molar-refractivity contribution in [2.24, 2.45) is 0 Å². The first-order chi connectivity index (χ1) is 8.45. The maximum absolute atomic E-state index is 12.3. The predicted molar refractivity (Wildman–Crippen MR) is 70.4 cm³/mol. The number of nitrogens with zero attached hydrogens (tertiary/aromatic N) is 1. The van der Waals surface area contributed by atoms with Crippen LogP contribution in [0.15, 0.2) is 41.7 Å². The number of sulfonamides is 1. The quantitative estimate of drug-likeness (QED) is 0.776. The molecular formula is C11H13NO4S2. The summed E-state index contributed by atoms with van der Waals surface area (Å²) in [5, 5.41) is 10.4. The number of carboxylic acids is 1. The normalized spacial score (nSPS) is 11.4. The lowest BCUT2D eigenvalue weighted by molar-refractivity contribution is 0.0698. The van der Waals surface area contributed by atoms with Crippen LogP contribution < -0.4 is 0 Å². The molecule has 1 heterocycles. The molecule has 0 amide bonds. The van der Waals surface area contributed by atoms with E-state index in [1.54, 1.807) is 0 Å². The Morgan fingerprint density at radius 1 is 1.39 bits per heavy atom. The largest absolute Gasteiger partial charge is 0.477 e. The molecule has 1 aromatic rings. The lowest BCUT2D eigenvalue weighted by Crippen LogP contribution is -2.32. The molecule has 0 aromatic carbocycles. The summed E-state index contributed by atoms with van der Waals surface area (Å²) in [6.45, 7) is 7.16. The van der Waals surface area contributed by atoms with Gasteiger partial charge in [-0.1, -0.05) is 12.2 Å². The fraction of sp³-hybridized carbons (Fsp3) is 0.182. The van der Waals surface area contributed by atoms with Gasteiger partial charge >= 0.3 is 5.97 Å². The van der Waals surface area contributed by atoms with Gasteiger partial charge in [0.2, 0.25) is 10.0 Å². The Morgan fingerprint density at radius 2 is 1.94 bits per heavy atom. The maximum Gasteiger partial charge on any atom is 0.347 e. The molecule has 0 bridgehead atoms. The van der Waals surface area contributed by atoms with Crippen LogP contribution in [-0.4, -0.2) is 36.9 Å². The van der Waals surface area contributed by atoms with Gasteiger partial charge in [0.1, 0.15) is 9.77 Å². The Balaban J connectivity index is 3.25. The summed E-state index contributed by atoms with van der Waals surface area (Å²) < 4.78 is 25.7. The minimum atomic E-state index is -3.84. The zero-order valence-electron chi connectivity index (χ0n) is 9.57. The highest BCUT2D eigenvalue weighted by atomic mass is 32.2. The van der Waals surface area contributed by atoms with E-state index >= 15 is 0 Å². The van der Waals surface area contributed by atoms with Gasteiger partial charge in [-0.2, -0.15) is 4.31 Å². The molecular weight excluding hydrogens is 274 g/mol. The fourth-order valence-corrected chi connectivity index (χ4v) is 3.97. The summed E-state index contributed by atoms with van der Waals surface area (Å²) in [6.07, 6.45) is 2.88. The van der Waals surface area contributed by atoms with Crippen molar-refractivity contribution in [2.75, 3.05) is 13.1 Å². The molecule has 1 aromatic heterocycles. The van der Waals surface area contributed by atoms with Gasteiger partial charge in [-0.15, -0.1) is 24.5 Å². The Labute approximate surface area is 110 Å². The average molecular weight is 287 g/mol. The van der Waals surface area contributed by atoms with Crippen LogP contribution in [0, 0.1) is 0 Å². The highest BCUT2D eigenvalue weighted by Crippen LogP contribution is 2.25. The molecule has 1 rings (SSSR count). The van der Waals surface area contributed by atoms with Crippen LogP contribution in [0.4, 0.5) is 0 Å². The van der Waals surface area contributed by atoms with Crippen LogP contribution in [0.1, 0.15) is 9.67 Å². The summed E-state index contributed by atoms with van der Waals surface area (Å²) >= 11 is 0.881. The Morgan fingerprint density at radius 3 is 2.39 bits per heavy atom. The van der Waals surface area contributed by atoms with E-state index in [9.17, 15) is 13.2 Å². The lowest BCUT2D eigenvalue weighted by Gasteiger charge is -2.18. The number of aromatic carboxylic acids is 1. The van der Waals surface area contributed by atoms with E-state index in [-0.39, 0.29) is 22.9 Å². The van der Waals surface area contributed by atoms with Gasteiger partial charge in [-0.05, 0) is 11.4 Å². The summed E-state index contributed by atoms with van der Waals surface area (Å²) in [6, 6.07) is 1.29. The zero-order chi connectivity index (χ0) is 13.8. The highest BCUT2D eigenvalue weighted by molar-refractivity contribution is 7.89. The number of carbonyl (C=O) groups is 1. The van der Waals surface area contributed by atoms with Crippen molar-refractivity contribution in [1.82, 2.24) is 4.31 Å². The van der Waals surface area contributed by atoms with Gasteiger partial charge in [0.15, 0.2) is 0 Å². The van der Waals surface area contributed by atoms with Crippen molar-refractivity contribution in [3.8, 4) is 0 Å². The van der Waals surface area contributed by atoms with Gasteiger partial charge < -0.3 is 5.11 Å². The van der Waals surface area contributed by atoms with Crippen molar-refractivity contribution in [3.05, 3.63) is 41.6 Å². The molecule has 0 saturated carbocycles. The second-order valence-corrected chi connectivity index (χ2v) is 6.14. The second-order valence-electron chi connectivity index (χ2n) is 3.32. The van der Waals surface area contributed by atoms with Crippen molar-refractivity contribution < 1.29 is 18.3 Å². The van der Waals surface area contributed by atoms with Gasteiger partial charge in [0.25, 0.3) is 0 Å². The smallest absolute Gasteiger partial charge is 0.347 e. The zero-order valence-corrected chi connectivity index (χ0v) is 11.2. The van der Waals surface area contributed by atoms with E-state index in [1.165, 1.54) is 23.6 Å². The first kappa shape index (κ1) is 14.6. The molecule has 0 spiro atoms. The second kappa shape index (κ2) is 5.94. The molecule has 7 heteroatoms. The van der Waals surface area contributed by atoms with E-state index in [4.69, 9.17) is 5.11 Å². The van der Waals surface area contributed by atoms with Crippen molar-refractivity contribution in [2.45, 2.75) is 4.90 Å². The minimum Gasteiger partial charge on any atom is -0.477 e. The van der Waals surface area contributed by atoms with Crippen LogP contribution in [0.25, 0.3) is 0 Å². The topological polar surface area (TPSA) is 74.7 Å². The van der Waals surface area contributed by atoms with Crippen LogP contribution in [-0.2, 0) is 10.0 Å². The molecule has 98 valence electrons. The first-order valence-corrected chi connectivity index (χ1v) is 7.29. The van der Waals surface area contributed by atoms with Crippen molar-refractivity contribution in [3.63, 3.8) is 0 Å². The Kier molecular flexibility index (Phi) is 4.83. The van der Waals surface area contributed by atoms with Gasteiger partial charge in [-0.25, -0.2) is 13.2 Å². The highest BCUT2D eigenvalue weighted by Gasteiger charge is 2.28. The molecule has 0 aliphatic heterocycles. The lowest BCUT2D eigenvalue weighted by atomic mass is 10.5. The van der Waals surface area contributed by atoms with Crippen LogP contribution in [0.3, 0.4) is 0 Å². The Hall–Kier alpha value is -1.44. The van der Waals surface area contributed by atoms with Gasteiger partial charge in [-0.3, -0.25) is 0 Å². The van der Waals surface area contributed by atoms with Crippen LogP contribution >= 0.6 is 11.3 Å². The molecule has 0 saturated heterocycles. The molecule has 0 aliphatic rings. The minimum absolute atomic E-state index is 0.100. The number of hydrogen-bond acceptors (Lipinski definition) is 4. The van der Waals surface area contributed by atoms with E-state index < -0.39 is 16.0 Å². The standard InChI is InChI=1S/C11H13NO4S2/c1-3-6-12(7-4-2)18(15,16)9-5-8-17-10(9)11(13)14/h3-5,8H,1-2,6-7H2,(H,13,14). The molecule has 5 nitrogen and oxygen atoms in total. The maximum atomic E-state index is 12.3. The van der Waals surface area contributed by atoms with Gasteiger partial charge in [0, 0.05) is 13.1 Å². The van der Waals surface area contributed by atoms with E-state index in [1.807, 2.05) is 0 Å². The third-order valence-electron chi connectivity index (χ3n) is 2.11. The summed E-state index contributed by atoms with van der Waals surface area (Å²) in [5.74, 6) is -1.25. The van der Waals surface area contributed by atoms with E-state index in [0.29, 0.717) is 0 Å². The third-order valence-corrected chi connectivity index (χ3v) is 5.01. The number of carboxylic acid groups (broad SMARTS) is 1. The van der Waals surface area contributed by atoms with Crippen LogP contribution in [0.2, 0.25) is 0 Å². The number of thiophene rings is 1. The average Bonchev–Trinajstić information content (AvgIpc) is 2.78. The molecule has 0 aliphatic carbocycles. The third kappa shape index (κ3) is 2.87. The molecule has 0 atom stereocenters.